The second kappa shape index (κ2) is 5.99. The molecule has 1 atom stereocenters. The first kappa shape index (κ1) is 15.5. The van der Waals surface area contributed by atoms with E-state index < -0.39 is 15.8 Å². The van der Waals surface area contributed by atoms with Gasteiger partial charge in [0, 0.05) is 11.1 Å². The Bertz CT molecular complexity index is 808. The Labute approximate surface area is 134 Å². The largest absolute Gasteiger partial charge is 0.244 e. The van der Waals surface area contributed by atoms with E-state index in [-0.39, 0.29) is 16.0 Å². The molecular formula is C16H15ClFNO2S. The lowest BCUT2D eigenvalue weighted by Crippen LogP contribution is -2.31. The van der Waals surface area contributed by atoms with Crippen molar-refractivity contribution in [2.24, 2.45) is 0 Å². The maximum atomic E-state index is 13.9. The van der Waals surface area contributed by atoms with E-state index in [2.05, 4.69) is 4.72 Å². The number of hydrogen-bond acceptors (Lipinski definition) is 2. The zero-order chi connectivity index (χ0) is 15.7. The molecule has 2 aromatic carbocycles. The first-order chi connectivity index (χ1) is 10.5. The number of hydrogen-bond donors (Lipinski definition) is 1. The van der Waals surface area contributed by atoms with E-state index in [9.17, 15) is 12.8 Å². The molecule has 0 saturated carbocycles. The van der Waals surface area contributed by atoms with Gasteiger partial charge in [-0.05, 0) is 48.6 Å². The van der Waals surface area contributed by atoms with Crippen LogP contribution in [0, 0.1) is 5.82 Å². The molecule has 116 valence electrons. The summed E-state index contributed by atoms with van der Waals surface area (Å²) in [5.41, 5.74) is 2.10. The van der Waals surface area contributed by atoms with Crippen molar-refractivity contribution in [3.63, 3.8) is 0 Å². The van der Waals surface area contributed by atoms with Crippen LogP contribution < -0.4 is 4.72 Å². The van der Waals surface area contributed by atoms with Crippen LogP contribution in [0.4, 0.5) is 4.39 Å². The summed E-state index contributed by atoms with van der Waals surface area (Å²) in [7, 11) is -3.93. The Morgan fingerprint density at radius 1 is 1.18 bits per heavy atom. The number of halogens is 2. The molecule has 0 bridgehead atoms. The smallest absolute Gasteiger partial charge is 0.207 e. The van der Waals surface area contributed by atoms with Gasteiger partial charge in [-0.15, -0.1) is 0 Å². The van der Waals surface area contributed by atoms with Gasteiger partial charge in [-0.25, -0.2) is 17.5 Å². The highest BCUT2D eigenvalue weighted by molar-refractivity contribution is 7.89. The lowest BCUT2D eigenvalue weighted by Gasteiger charge is -2.26. The van der Waals surface area contributed by atoms with Gasteiger partial charge in [-0.3, -0.25) is 0 Å². The van der Waals surface area contributed by atoms with Gasteiger partial charge in [0.2, 0.25) is 10.0 Å². The highest BCUT2D eigenvalue weighted by Crippen LogP contribution is 2.31. The number of nitrogens with one attached hydrogen (secondary N) is 1. The van der Waals surface area contributed by atoms with Crippen LogP contribution in [0.15, 0.2) is 47.4 Å². The molecule has 0 heterocycles. The maximum Gasteiger partial charge on any atom is 0.244 e. The van der Waals surface area contributed by atoms with Gasteiger partial charge in [-0.2, -0.15) is 0 Å². The second-order valence-corrected chi connectivity index (χ2v) is 7.46. The van der Waals surface area contributed by atoms with E-state index in [1.807, 2.05) is 24.3 Å². The molecule has 1 aliphatic rings. The lowest BCUT2D eigenvalue weighted by molar-refractivity contribution is 0.501. The topological polar surface area (TPSA) is 46.2 Å². The standard InChI is InChI=1S/C16H15ClFNO2S/c17-12-8-9-16(14(18)10-12)22(20,21)19-15-7-3-5-11-4-1-2-6-13(11)15/h1-2,4,6,8-10,15,19H,3,5,7H2/t15-/m1/s1. The van der Waals surface area contributed by atoms with Crippen molar-refractivity contribution in [3.05, 3.63) is 64.4 Å². The van der Waals surface area contributed by atoms with Gasteiger partial charge >= 0.3 is 0 Å². The van der Waals surface area contributed by atoms with Crippen LogP contribution in [0.1, 0.15) is 30.0 Å². The van der Waals surface area contributed by atoms with E-state index in [4.69, 9.17) is 11.6 Å². The van der Waals surface area contributed by atoms with Crippen LogP contribution in [0.2, 0.25) is 5.02 Å². The molecule has 0 fully saturated rings. The zero-order valence-corrected chi connectivity index (χ0v) is 13.3. The quantitative estimate of drug-likeness (QED) is 0.923. The fourth-order valence-electron chi connectivity index (χ4n) is 2.82. The molecule has 3 rings (SSSR count). The van der Waals surface area contributed by atoms with Crippen molar-refractivity contribution >= 4 is 21.6 Å². The van der Waals surface area contributed by atoms with Crippen molar-refractivity contribution in [1.82, 2.24) is 4.72 Å². The summed E-state index contributed by atoms with van der Waals surface area (Å²) in [5.74, 6) is -0.843. The summed E-state index contributed by atoms with van der Waals surface area (Å²) in [6, 6.07) is 11.0. The van der Waals surface area contributed by atoms with Crippen LogP contribution in [-0.4, -0.2) is 8.42 Å². The van der Waals surface area contributed by atoms with Crippen molar-refractivity contribution < 1.29 is 12.8 Å². The molecule has 1 N–H and O–H groups in total. The highest BCUT2D eigenvalue weighted by atomic mass is 35.5. The molecule has 1 aliphatic carbocycles. The molecule has 0 radical (unpaired) electrons. The number of sulfonamides is 1. The monoisotopic (exact) mass is 339 g/mol. The molecule has 2 aromatic rings. The minimum Gasteiger partial charge on any atom is -0.207 e. The van der Waals surface area contributed by atoms with Gasteiger partial charge in [-0.1, -0.05) is 35.9 Å². The van der Waals surface area contributed by atoms with E-state index >= 15 is 0 Å². The van der Waals surface area contributed by atoms with Gasteiger partial charge in [0.05, 0.1) is 0 Å². The Kier molecular flexibility index (Phi) is 4.21. The molecule has 3 nitrogen and oxygen atoms in total. The van der Waals surface area contributed by atoms with Crippen molar-refractivity contribution in [2.45, 2.75) is 30.2 Å². The third-order valence-corrected chi connectivity index (χ3v) is 5.59. The Morgan fingerprint density at radius 3 is 2.73 bits per heavy atom. The Hall–Kier alpha value is -1.43. The fourth-order valence-corrected chi connectivity index (χ4v) is 4.29. The molecule has 0 unspecified atom stereocenters. The van der Waals surface area contributed by atoms with Crippen LogP contribution in [0.3, 0.4) is 0 Å². The molecule has 0 aliphatic heterocycles. The average Bonchev–Trinajstić information content (AvgIpc) is 2.47. The van der Waals surface area contributed by atoms with Gasteiger partial charge in [0.25, 0.3) is 0 Å². The maximum absolute atomic E-state index is 13.9. The third kappa shape index (κ3) is 3.02. The van der Waals surface area contributed by atoms with Gasteiger partial charge in [0.1, 0.15) is 10.7 Å². The number of rotatable bonds is 3. The van der Waals surface area contributed by atoms with Crippen LogP contribution >= 0.6 is 11.6 Å². The number of benzene rings is 2. The van der Waals surface area contributed by atoms with Crippen LogP contribution in [0.5, 0.6) is 0 Å². The molecular weight excluding hydrogens is 325 g/mol. The number of aryl methyl sites for hydroxylation is 1. The minimum absolute atomic E-state index is 0.166. The Morgan fingerprint density at radius 2 is 1.95 bits per heavy atom. The van der Waals surface area contributed by atoms with Crippen molar-refractivity contribution in [2.75, 3.05) is 0 Å². The minimum atomic E-state index is -3.93. The second-order valence-electron chi connectivity index (χ2n) is 5.34. The molecule has 6 heteroatoms. The van der Waals surface area contributed by atoms with Gasteiger partial charge in [0.15, 0.2) is 0 Å². The first-order valence-corrected chi connectivity index (χ1v) is 8.89. The predicted molar refractivity (Wildman–Crippen MR) is 83.9 cm³/mol. The Balaban J connectivity index is 1.93. The molecule has 22 heavy (non-hydrogen) atoms. The van der Waals surface area contributed by atoms with Crippen molar-refractivity contribution in [3.8, 4) is 0 Å². The average molecular weight is 340 g/mol. The molecule has 0 spiro atoms. The van der Waals surface area contributed by atoms with Crippen LogP contribution in [0.25, 0.3) is 0 Å². The molecule has 0 saturated heterocycles. The third-order valence-electron chi connectivity index (χ3n) is 3.85. The predicted octanol–water partition coefficient (Wildman–Crippen LogP) is 3.84. The summed E-state index contributed by atoms with van der Waals surface area (Å²) in [6.45, 7) is 0. The normalized spacial score (nSPS) is 18.0. The van der Waals surface area contributed by atoms with E-state index in [0.29, 0.717) is 6.42 Å². The summed E-state index contributed by atoms with van der Waals surface area (Å²) in [4.78, 5) is -0.375. The van der Waals surface area contributed by atoms with Gasteiger partial charge < -0.3 is 0 Å². The van der Waals surface area contributed by atoms with E-state index in [0.717, 1.165) is 30.0 Å². The summed E-state index contributed by atoms with van der Waals surface area (Å²) < 4.78 is 41.4. The van der Waals surface area contributed by atoms with E-state index in [1.54, 1.807) is 0 Å². The summed E-state index contributed by atoms with van der Waals surface area (Å²) in [6.07, 6.45) is 2.53. The number of fused-ring (bicyclic) bond motifs is 1. The zero-order valence-electron chi connectivity index (χ0n) is 11.7. The summed E-state index contributed by atoms with van der Waals surface area (Å²) in [5, 5.41) is 0.166. The van der Waals surface area contributed by atoms with Crippen molar-refractivity contribution in [1.29, 1.82) is 0 Å². The summed E-state index contributed by atoms with van der Waals surface area (Å²) >= 11 is 5.67. The first-order valence-electron chi connectivity index (χ1n) is 7.02. The highest BCUT2D eigenvalue weighted by Gasteiger charge is 2.27. The SMILES string of the molecule is O=S(=O)(N[C@@H]1CCCc2ccccc21)c1ccc(Cl)cc1F. The molecule has 0 amide bonds. The fraction of sp³-hybridized carbons (Fsp3) is 0.250. The molecule has 0 aromatic heterocycles. The van der Waals surface area contributed by atoms with Crippen LogP contribution in [-0.2, 0) is 16.4 Å². The lowest BCUT2D eigenvalue weighted by atomic mass is 9.88. The van der Waals surface area contributed by atoms with E-state index in [1.165, 1.54) is 12.1 Å².